The van der Waals surface area contributed by atoms with Crippen molar-refractivity contribution in [1.82, 2.24) is 15.1 Å². The van der Waals surface area contributed by atoms with Gasteiger partial charge in [0, 0.05) is 17.8 Å². The zero-order valence-corrected chi connectivity index (χ0v) is 16.7. The van der Waals surface area contributed by atoms with E-state index in [1.807, 2.05) is 55.5 Å². The van der Waals surface area contributed by atoms with Gasteiger partial charge < -0.3 is 9.73 Å². The Bertz CT molecular complexity index is 1200. The molecule has 0 fully saturated rings. The molecule has 0 bridgehead atoms. The molecule has 0 radical (unpaired) electrons. The van der Waals surface area contributed by atoms with Crippen molar-refractivity contribution in [3.05, 3.63) is 100 Å². The number of rotatable bonds is 7. The normalized spacial score (nSPS) is 12.0. The molecule has 1 amide bonds. The number of furan rings is 1. The third-order valence-corrected chi connectivity index (χ3v) is 5.04. The van der Waals surface area contributed by atoms with E-state index in [0.29, 0.717) is 17.3 Å². The van der Waals surface area contributed by atoms with E-state index >= 15 is 0 Å². The van der Waals surface area contributed by atoms with Gasteiger partial charge in [0.15, 0.2) is 5.69 Å². The Morgan fingerprint density at radius 2 is 1.77 bits per heavy atom. The van der Waals surface area contributed by atoms with Gasteiger partial charge in [-0.2, -0.15) is 5.10 Å². The van der Waals surface area contributed by atoms with Gasteiger partial charge in [-0.25, -0.2) is 4.68 Å². The van der Waals surface area contributed by atoms with Gasteiger partial charge in [0.25, 0.3) is 11.5 Å². The van der Waals surface area contributed by atoms with Crippen LogP contribution in [0.2, 0.25) is 0 Å². The number of nitrogens with zero attached hydrogens (tertiary/aromatic N) is 2. The van der Waals surface area contributed by atoms with E-state index in [1.54, 1.807) is 24.5 Å². The second-order valence-electron chi connectivity index (χ2n) is 7.34. The van der Waals surface area contributed by atoms with Crippen LogP contribution in [-0.2, 0) is 13.0 Å². The number of benzene rings is 2. The zero-order valence-electron chi connectivity index (χ0n) is 16.7. The third-order valence-electron chi connectivity index (χ3n) is 5.04. The molecule has 0 saturated carbocycles. The molecule has 0 unspecified atom stereocenters. The topological polar surface area (TPSA) is 77.1 Å². The first-order chi connectivity index (χ1) is 14.6. The fraction of sp³-hybridized carbons (Fsp3) is 0.208. The maximum absolute atomic E-state index is 13.0. The highest BCUT2D eigenvalue weighted by molar-refractivity contribution is 6.04. The third kappa shape index (κ3) is 4.33. The lowest BCUT2D eigenvalue weighted by molar-refractivity contribution is 0.0932. The lowest BCUT2D eigenvalue weighted by Gasteiger charge is -2.15. The largest absolute Gasteiger partial charge is 0.469 e. The van der Waals surface area contributed by atoms with Crippen LogP contribution in [0.15, 0.2) is 82.2 Å². The Balaban J connectivity index is 1.61. The van der Waals surface area contributed by atoms with Crippen LogP contribution in [0.3, 0.4) is 0 Å². The quantitative estimate of drug-likeness (QED) is 0.511. The van der Waals surface area contributed by atoms with Crippen molar-refractivity contribution in [2.45, 2.75) is 32.4 Å². The minimum Gasteiger partial charge on any atom is -0.469 e. The molecule has 4 aromatic rings. The molecule has 1 atom stereocenters. The van der Waals surface area contributed by atoms with E-state index in [4.69, 9.17) is 4.42 Å². The van der Waals surface area contributed by atoms with Gasteiger partial charge in [0.05, 0.1) is 18.2 Å². The van der Waals surface area contributed by atoms with Crippen molar-refractivity contribution in [1.29, 1.82) is 0 Å². The average Bonchev–Trinajstić information content (AvgIpc) is 3.29. The summed E-state index contributed by atoms with van der Waals surface area (Å²) in [7, 11) is 0. The van der Waals surface area contributed by atoms with Crippen LogP contribution in [0.1, 0.15) is 35.2 Å². The monoisotopic (exact) mass is 401 g/mol. The van der Waals surface area contributed by atoms with E-state index < -0.39 is 0 Å². The molecule has 0 spiro atoms. The molecule has 30 heavy (non-hydrogen) atoms. The Morgan fingerprint density at radius 1 is 1.03 bits per heavy atom. The number of hydrogen-bond donors (Lipinski definition) is 1. The highest BCUT2D eigenvalue weighted by Crippen LogP contribution is 2.15. The van der Waals surface area contributed by atoms with Gasteiger partial charge in [0.1, 0.15) is 5.76 Å². The first-order valence-electron chi connectivity index (χ1n) is 9.99. The smallest absolute Gasteiger partial charge is 0.274 e. The number of carbonyl (C=O) groups excluding carboxylic acids is 1. The Hall–Kier alpha value is -3.67. The van der Waals surface area contributed by atoms with Gasteiger partial charge in [-0.1, -0.05) is 48.5 Å². The molecule has 4 rings (SSSR count). The summed E-state index contributed by atoms with van der Waals surface area (Å²) in [4.78, 5) is 26.0. The summed E-state index contributed by atoms with van der Waals surface area (Å²) >= 11 is 0. The first kappa shape index (κ1) is 19.6. The molecule has 0 aliphatic rings. The maximum atomic E-state index is 13.0. The predicted octanol–water partition coefficient (Wildman–Crippen LogP) is 3.79. The second-order valence-corrected chi connectivity index (χ2v) is 7.34. The summed E-state index contributed by atoms with van der Waals surface area (Å²) in [5.41, 5.74) is 0.989. The van der Waals surface area contributed by atoms with Crippen molar-refractivity contribution in [2.24, 2.45) is 0 Å². The van der Waals surface area contributed by atoms with Crippen LogP contribution >= 0.6 is 0 Å². The lowest BCUT2D eigenvalue weighted by Crippen LogP contribution is -2.36. The minimum absolute atomic E-state index is 0.0716. The summed E-state index contributed by atoms with van der Waals surface area (Å²) in [6.45, 7) is 2.25. The van der Waals surface area contributed by atoms with Gasteiger partial charge in [0.2, 0.25) is 0 Å². The summed E-state index contributed by atoms with van der Waals surface area (Å²) in [5, 5.41) is 8.48. The number of aryl methyl sites for hydroxylation is 1. The highest BCUT2D eigenvalue weighted by atomic mass is 16.3. The number of hydrogen-bond acceptors (Lipinski definition) is 4. The maximum Gasteiger partial charge on any atom is 0.274 e. The van der Waals surface area contributed by atoms with E-state index in [-0.39, 0.29) is 23.2 Å². The predicted molar refractivity (Wildman–Crippen MR) is 116 cm³/mol. The van der Waals surface area contributed by atoms with Gasteiger partial charge in [-0.15, -0.1) is 0 Å². The molecule has 152 valence electrons. The summed E-state index contributed by atoms with van der Waals surface area (Å²) in [5.74, 6) is 0.594. The van der Waals surface area contributed by atoms with Crippen LogP contribution in [0, 0.1) is 0 Å². The molecule has 1 N–H and O–H groups in total. The van der Waals surface area contributed by atoms with Gasteiger partial charge in [-0.05, 0) is 37.1 Å². The molecule has 2 heterocycles. The van der Waals surface area contributed by atoms with Crippen molar-refractivity contribution in [2.75, 3.05) is 0 Å². The number of amides is 1. The van der Waals surface area contributed by atoms with E-state index in [2.05, 4.69) is 10.4 Å². The van der Waals surface area contributed by atoms with Crippen molar-refractivity contribution in [3.8, 4) is 0 Å². The van der Waals surface area contributed by atoms with Crippen LogP contribution in [0.5, 0.6) is 0 Å². The fourth-order valence-corrected chi connectivity index (χ4v) is 3.44. The van der Waals surface area contributed by atoms with Crippen LogP contribution < -0.4 is 10.9 Å². The summed E-state index contributed by atoms with van der Waals surface area (Å²) < 4.78 is 6.71. The first-order valence-corrected chi connectivity index (χ1v) is 9.99. The Labute approximate surface area is 174 Å². The molecule has 0 aliphatic carbocycles. The molecular formula is C24H23N3O3. The van der Waals surface area contributed by atoms with E-state index in [1.165, 1.54) is 4.68 Å². The molecule has 6 heteroatoms. The molecule has 2 aromatic carbocycles. The van der Waals surface area contributed by atoms with Crippen molar-refractivity contribution in [3.63, 3.8) is 0 Å². The summed E-state index contributed by atoms with van der Waals surface area (Å²) in [6, 6.07) is 20.4. The molecule has 0 saturated heterocycles. The number of carbonyl (C=O) groups is 1. The number of fused-ring (bicyclic) bond motifs is 1. The molecular weight excluding hydrogens is 378 g/mol. The number of nitrogens with one attached hydrogen (secondary N) is 1. The Morgan fingerprint density at radius 3 is 2.50 bits per heavy atom. The van der Waals surface area contributed by atoms with Crippen LogP contribution in [-0.4, -0.2) is 21.7 Å². The average molecular weight is 401 g/mol. The molecule has 0 aliphatic heterocycles. The fourth-order valence-electron chi connectivity index (χ4n) is 3.44. The standard InChI is InChI=1S/C24H23N3O3/c1-17(13-14-19-10-7-15-30-19)25-23(28)22-20-11-5-6-12-21(20)24(29)27(26-22)16-18-8-3-2-4-9-18/h2-12,15,17H,13-14,16H2,1H3,(H,25,28)/t17-/m0/s1. The molecule has 6 nitrogen and oxygen atoms in total. The highest BCUT2D eigenvalue weighted by Gasteiger charge is 2.18. The van der Waals surface area contributed by atoms with Gasteiger partial charge in [-0.3, -0.25) is 9.59 Å². The van der Waals surface area contributed by atoms with Crippen molar-refractivity contribution < 1.29 is 9.21 Å². The summed E-state index contributed by atoms with van der Waals surface area (Å²) in [6.07, 6.45) is 3.11. The number of aromatic nitrogens is 2. The Kier molecular flexibility index (Phi) is 5.75. The second kappa shape index (κ2) is 8.78. The SMILES string of the molecule is C[C@@H](CCc1ccco1)NC(=O)c1nn(Cc2ccccc2)c(=O)c2ccccc12. The lowest BCUT2D eigenvalue weighted by atomic mass is 10.1. The van der Waals surface area contributed by atoms with Gasteiger partial charge >= 0.3 is 0 Å². The van der Waals surface area contributed by atoms with Crippen molar-refractivity contribution >= 4 is 16.7 Å². The van der Waals surface area contributed by atoms with E-state index in [9.17, 15) is 9.59 Å². The zero-order chi connectivity index (χ0) is 20.9. The molecule has 2 aromatic heterocycles. The van der Waals surface area contributed by atoms with E-state index in [0.717, 1.165) is 24.2 Å². The minimum atomic E-state index is -0.292. The van der Waals surface area contributed by atoms with Crippen LogP contribution in [0.25, 0.3) is 10.8 Å². The van der Waals surface area contributed by atoms with Crippen LogP contribution in [0.4, 0.5) is 0 Å².